The van der Waals surface area contributed by atoms with E-state index in [-0.39, 0.29) is 5.91 Å². The number of hydrogen-bond acceptors (Lipinski definition) is 3. The maximum absolute atomic E-state index is 13.5. The van der Waals surface area contributed by atoms with Crippen LogP contribution in [-0.2, 0) is 17.8 Å². The van der Waals surface area contributed by atoms with Gasteiger partial charge in [-0.2, -0.15) is 0 Å². The molecule has 4 rings (SSSR count). The highest BCUT2D eigenvalue weighted by Gasteiger charge is 2.22. The molecule has 1 heterocycles. The van der Waals surface area contributed by atoms with Gasteiger partial charge in [0, 0.05) is 0 Å². The number of nitrogens with zero attached hydrogens (tertiary/aromatic N) is 2. The van der Waals surface area contributed by atoms with Gasteiger partial charge in [-0.25, -0.2) is 4.98 Å². The molecule has 0 spiro atoms. The fourth-order valence-electron chi connectivity index (χ4n) is 3.86. The first-order valence-electron chi connectivity index (χ1n) is 11.2. The second-order valence-corrected chi connectivity index (χ2v) is 9.89. The average molecular weight is 443 g/mol. The van der Waals surface area contributed by atoms with E-state index in [1.807, 2.05) is 23.1 Å². The van der Waals surface area contributed by atoms with E-state index in [1.165, 1.54) is 11.1 Å². The predicted octanol–water partition coefficient (Wildman–Crippen LogP) is 7.32. The molecule has 1 aromatic heterocycles. The molecule has 3 nitrogen and oxygen atoms in total. The molecule has 0 aliphatic heterocycles. The van der Waals surface area contributed by atoms with E-state index in [0.29, 0.717) is 24.8 Å². The molecule has 4 aromatic rings. The van der Waals surface area contributed by atoms with Crippen LogP contribution >= 0.6 is 11.3 Å². The quantitative estimate of drug-likeness (QED) is 0.300. The Morgan fingerprint density at radius 1 is 0.844 bits per heavy atom. The lowest BCUT2D eigenvalue weighted by Gasteiger charge is -2.20. The molecule has 32 heavy (non-hydrogen) atoms. The summed E-state index contributed by atoms with van der Waals surface area (Å²) < 4.78 is 1.12. The van der Waals surface area contributed by atoms with Crippen LogP contribution in [0.25, 0.3) is 10.2 Å². The van der Waals surface area contributed by atoms with Gasteiger partial charge in [-0.1, -0.05) is 106 Å². The maximum Gasteiger partial charge on any atom is 0.233 e. The van der Waals surface area contributed by atoms with E-state index in [9.17, 15) is 4.79 Å². The molecule has 0 N–H and O–H groups in total. The van der Waals surface area contributed by atoms with Crippen molar-refractivity contribution in [1.29, 1.82) is 0 Å². The molecular weight excluding hydrogens is 412 g/mol. The highest BCUT2D eigenvalue weighted by molar-refractivity contribution is 7.22. The van der Waals surface area contributed by atoms with E-state index in [1.54, 1.807) is 11.3 Å². The second kappa shape index (κ2) is 9.66. The Labute approximate surface area is 194 Å². The van der Waals surface area contributed by atoms with Crippen LogP contribution in [0.5, 0.6) is 0 Å². The number of carbonyl (C=O) groups excluding carboxylic acids is 1. The summed E-state index contributed by atoms with van der Waals surface area (Å²) in [5.74, 6) is 0.926. The first-order chi connectivity index (χ1) is 15.4. The molecule has 0 saturated carbocycles. The summed E-state index contributed by atoms with van der Waals surface area (Å²) in [6.07, 6.45) is 0.359. The topological polar surface area (TPSA) is 33.2 Å². The SMILES string of the molecule is CC(C)c1ccc(CC(=O)N(Cc2ccccc2)c2nc3c(C(C)C)cccc3s2)cc1. The van der Waals surface area contributed by atoms with Gasteiger partial charge in [-0.05, 0) is 40.2 Å². The molecule has 0 aliphatic rings. The minimum atomic E-state index is 0.0660. The van der Waals surface area contributed by atoms with Crippen molar-refractivity contribution in [3.63, 3.8) is 0 Å². The molecule has 0 aliphatic carbocycles. The molecule has 0 unspecified atom stereocenters. The van der Waals surface area contributed by atoms with Gasteiger partial charge in [0.15, 0.2) is 5.13 Å². The fourth-order valence-corrected chi connectivity index (χ4v) is 4.88. The smallest absolute Gasteiger partial charge is 0.233 e. The number of rotatable bonds is 7. The largest absolute Gasteiger partial charge is 0.283 e. The van der Waals surface area contributed by atoms with Crippen LogP contribution in [0.2, 0.25) is 0 Å². The molecule has 1 amide bonds. The molecule has 0 saturated heterocycles. The van der Waals surface area contributed by atoms with Crippen molar-refractivity contribution in [1.82, 2.24) is 4.98 Å². The molecule has 3 aromatic carbocycles. The van der Waals surface area contributed by atoms with E-state index in [2.05, 4.69) is 82.3 Å². The number of fused-ring (bicyclic) bond motifs is 1. The zero-order valence-electron chi connectivity index (χ0n) is 19.2. The highest BCUT2D eigenvalue weighted by atomic mass is 32.1. The second-order valence-electron chi connectivity index (χ2n) is 8.88. The van der Waals surface area contributed by atoms with Crippen LogP contribution < -0.4 is 4.90 Å². The number of anilines is 1. The molecule has 0 bridgehead atoms. The van der Waals surface area contributed by atoms with Crippen LogP contribution in [0.4, 0.5) is 5.13 Å². The molecule has 164 valence electrons. The third kappa shape index (κ3) is 4.91. The number of amides is 1. The standard InChI is InChI=1S/C28H30N2OS/c1-19(2)23-15-13-21(14-16-23)17-26(31)30(18-22-9-6-5-7-10-22)28-29-27-24(20(3)4)11-8-12-25(27)32-28/h5-16,19-20H,17-18H2,1-4H3. The maximum atomic E-state index is 13.5. The summed E-state index contributed by atoms with van der Waals surface area (Å²) in [5.41, 5.74) is 5.64. The molecule has 0 atom stereocenters. The summed E-state index contributed by atoms with van der Waals surface area (Å²) in [7, 11) is 0. The van der Waals surface area contributed by atoms with Crippen LogP contribution in [0.3, 0.4) is 0 Å². The summed E-state index contributed by atoms with van der Waals surface area (Å²) >= 11 is 1.60. The van der Waals surface area contributed by atoms with Crippen molar-refractivity contribution < 1.29 is 4.79 Å². The summed E-state index contributed by atoms with van der Waals surface area (Å²) in [4.78, 5) is 20.3. The van der Waals surface area contributed by atoms with Crippen molar-refractivity contribution in [2.45, 2.75) is 52.5 Å². The molecule has 0 fully saturated rings. The van der Waals surface area contributed by atoms with E-state index in [4.69, 9.17) is 4.98 Å². The Morgan fingerprint density at radius 3 is 2.22 bits per heavy atom. The number of carbonyl (C=O) groups is 1. The van der Waals surface area contributed by atoms with Gasteiger partial charge in [0.25, 0.3) is 0 Å². The summed E-state index contributed by atoms with van der Waals surface area (Å²) in [5, 5.41) is 0.765. The molecule has 0 radical (unpaired) electrons. The Morgan fingerprint density at radius 2 is 1.56 bits per heavy atom. The van der Waals surface area contributed by atoms with Crippen LogP contribution in [0.1, 0.15) is 61.8 Å². The number of para-hydroxylation sites is 1. The Bertz CT molecular complexity index is 1190. The zero-order valence-corrected chi connectivity index (χ0v) is 20.0. The lowest BCUT2D eigenvalue weighted by atomic mass is 10.0. The first-order valence-corrected chi connectivity index (χ1v) is 12.1. The highest BCUT2D eigenvalue weighted by Crippen LogP contribution is 2.34. The lowest BCUT2D eigenvalue weighted by molar-refractivity contribution is -0.118. The monoisotopic (exact) mass is 442 g/mol. The average Bonchev–Trinajstić information content (AvgIpc) is 3.22. The van der Waals surface area contributed by atoms with E-state index >= 15 is 0 Å². The molecule has 4 heteroatoms. The normalized spacial score (nSPS) is 11.4. The van der Waals surface area contributed by atoms with Gasteiger partial charge in [0.2, 0.25) is 5.91 Å². The Hall–Kier alpha value is -2.98. The van der Waals surface area contributed by atoms with Crippen molar-refractivity contribution in [2.24, 2.45) is 0 Å². The number of hydrogen-bond donors (Lipinski definition) is 0. The van der Waals surface area contributed by atoms with Crippen molar-refractivity contribution in [3.8, 4) is 0 Å². The van der Waals surface area contributed by atoms with E-state index < -0.39 is 0 Å². The van der Waals surface area contributed by atoms with Gasteiger partial charge in [-0.3, -0.25) is 9.69 Å². The van der Waals surface area contributed by atoms with Crippen LogP contribution in [0, 0.1) is 0 Å². The fraction of sp³-hybridized carbons (Fsp3) is 0.286. The Kier molecular flexibility index (Phi) is 6.71. The third-order valence-corrected chi connectivity index (χ3v) is 6.82. The number of aromatic nitrogens is 1. The summed E-state index contributed by atoms with van der Waals surface area (Å²) in [6.45, 7) is 9.24. The van der Waals surface area contributed by atoms with Crippen molar-refractivity contribution in [3.05, 3.63) is 95.1 Å². The van der Waals surface area contributed by atoms with Crippen LogP contribution in [0.15, 0.2) is 72.8 Å². The number of thiazole rings is 1. The van der Waals surface area contributed by atoms with Crippen molar-refractivity contribution >= 4 is 32.6 Å². The third-order valence-electron chi connectivity index (χ3n) is 5.78. The first kappa shape index (κ1) is 22.2. The summed E-state index contributed by atoms with van der Waals surface area (Å²) in [6, 6.07) is 24.9. The number of benzene rings is 3. The Balaban J connectivity index is 1.68. The van der Waals surface area contributed by atoms with Gasteiger partial charge < -0.3 is 0 Å². The van der Waals surface area contributed by atoms with E-state index in [0.717, 1.165) is 26.5 Å². The minimum Gasteiger partial charge on any atom is -0.283 e. The molecular formula is C28H30N2OS. The van der Waals surface area contributed by atoms with Gasteiger partial charge in [-0.15, -0.1) is 0 Å². The lowest BCUT2D eigenvalue weighted by Crippen LogP contribution is -2.31. The zero-order chi connectivity index (χ0) is 22.7. The van der Waals surface area contributed by atoms with Gasteiger partial charge in [0.1, 0.15) is 0 Å². The van der Waals surface area contributed by atoms with Crippen molar-refractivity contribution in [2.75, 3.05) is 4.90 Å². The van der Waals surface area contributed by atoms with Crippen LogP contribution in [-0.4, -0.2) is 10.9 Å². The predicted molar refractivity (Wildman–Crippen MR) is 136 cm³/mol. The van der Waals surface area contributed by atoms with Gasteiger partial charge in [0.05, 0.1) is 23.2 Å². The van der Waals surface area contributed by atoms with Gasteiger partial charge >= 0.3 is 0 Å². The minimum absolute atomic E-state index is 0.0660.